The number of nitrogens with one attached hydrogen (secondary N) is 3. The number of hydrogen-bond acceptors (Lipinski definition) is 8. The monoisotopic (exact) mass is 549 g/mol. The lowest BCUT2D eigenvalue weighted by Crippen LogP contribution is -2.16. The van der Waals surface area contributed by atoms with Crippen LogP contribution >= 0.6 is 0 Å². The summed E-state index contributed by atoms with van der Waals surface area (Å²) in [5, 5.41) is 14.0. The highest BCUT2D eigenvalue weighted by Gasteiger charge is 2.18. The summed E-state index contributed by atoms with van der Waals surface area (Å²) in [5.74, 6) is 2.17. The first kappa shape index (κ1) is 27.2. The fourth-order valence-corrected chi connectivity index (χ4v) is 4.26. The Bertz CT molecular complexity index is 1680. The van der Waals surface area contributed by atoms with Crippen LogP contribution in [0.4, 0.5) is 28.8 Å². The van der Waals surface area contributed by atoms with Crippen LogP contribution in [0.3, 0.4) is 0 Å². The minimum absolute atomic E-state index is 0.289. The Morgan fingerprint density at radius 2 is 1.46 bits per heavy atom. The van der Waals surface area contributed by atoms with E-state index in [-0.39, 0.29) is 5.91 Å². The molecule has 5 rings (SSSR count). The molecule has 0 atom stereocenters. The van der Waals surface area contributed by atoms with Gasteiger partial charge >= 0.3 is 0 Å². The van der Waals surface area contributed by atoms with E-state index in [0.29, 0.717) is 40.3 Å². The molecule has 0 aliphatic carbocycles. The molecule has 41 heavy (non-hydrogen) atoms. The molecule has 0 spiro atoms. The van der Waals surface area contributed by atoms with E-state index in [2.05, 4.69) is 31.0 Å². The molecule has 0 bridgehead atoms. The van der Waals surface area contributed by atoms with Crippen LogP contribution in [0.5, 0.6) is 11.5 Å². The molecule has 2 heterocycles. The van der Waals surface area contributed by atoms with Gasteiger partial charge in [0.25, 0.3) is 5.91 Å². The molecule has 0 saturated heterocycles. The molecular weight excluding hydrogens is 518 g/mol. The zero-order valence-electron chi connectivity index (χ0n) is 23.5. The molecule has 5 aromatic rings. The predicted octanol–water partition coefficient (Wildman–Crippen LogP) is 6.25. The molecular formula is C31H31N7O3. The SMILES string of the molecule is COc1ccc(OC)c(-c2cc(C(=O)Nc3ccc(Nc4nc(C)cc(Nc5ccc(C)cc5)n4)cc3)n(C)n2)c1. The molecule has 3 aromatic carbocycles. The first-order valence-corrected chi connectivity index (χ1v) is 13.0. The van der Waals surface area contributed by atoms with E-state index in [1.807, 2.05) is 80.6 Å². The average Bonchev–Trinajstić information content (AvgIpc) is 3.36. The normalized spacial score (nSPS) is 10.7. The number of benzene rings is 3. The molecule has 0 unspecified atom stereocenters. The lowest BCUT2D eigenvalue weighted by Gasteiger charge is -2.11. The third kappa shape index (κ3) is 6.44. The maximum atomic E-state index is 13.1. The van der Waals surface area contributed by atoms with Crippen molar-refractivity contribution in [1.82, 2.24) is 19.7 Å². The summed E-state index contributed by atoms with van der Waals surface area (Å²) in [7, 11) is 4.91. The Kier molecular flexibility index (Phi) is 7.82. The molecule has 0 saturated carbocycles. The summed E-state index contributed by atoms with van der Waals surface area (Å²) in [4.78, 5) is 22.2. The van der Waals surface area contributed by atoms with Crippen molar-refractivity contribution >= 4 is 34.7 Å². The van der Waals surface area contributed by atoms with E-state index >= 15 is 0 Å². The lowest BCUT2D eigenvalue weighted by molar-refractivity contribution is 0.101. The zero-order valence-corrected chi connectivity index (χ0v) is 23.5. The van der Waals surface area contributed by atoms with Crippen LogP contribution in [0, 0.1) is 13.8 Å². The van der Waals surface area contributed by atoms with E-state index in [9.17, 15) is 4.79 Å². The third-order valence-electron chi connectivity index (χ3n) is 6.37. The second kappa shape index (κ2) is 11.8. The number of ether oxygens (including phenoxy) is 2. The zero-order chi connectivity index (χ0) is 28.9. The van der Waals surface area contributed by atoms with Gasteiger partial charge in [0.05, 0.1) is 19.9 Å². The molecule has 0 fully saturated rings. The maximum absolute atomic E-state index is 13.1. The van der Waals surface area contributed by atoms with Gasteiger partial charge in [0, 0.05) is 41.4 Å². The van der Waals surface area contributed by atoms with Gasteiger partial charge in [-0.1, -0.05) is 17.7 Å². The van der Waals surface area contributed by atoms with E-state index in [1.165, 1.54) is 10.2 Å². The molecule has 0 aliphatic heterocycles. The van der Waals surface area contributed by atoms with Gasteiger partial charge in [0.1, 0.15) is 23.0 Å². The first-order chi connectivity index (χ1) is 19.8. The minimum Gasteiger partial charge on any atom is -0.497 e. The van der Waals surface area contributed by atoms with Crippen LogP contribution in [-0.4, -0.2) is 39.9 Å². The van der Waals surface area contributed by atoms with Crippen molar-refractivity contribution in [3.63, 3.8) is 0 Å². The number of hydrogen-bond donors (Lipinski definition) is 3. The van der Waals surface area contributed by atoms with Crippen molar-refractivity contribution in [2.24, 2.45) is 7.05 Å². The van der Waals surface area contributed by atoms with Crippen LogP contribution in [0.1, 0.15) is 21.7 Å². The number of carbonyl (C=O) groups excluding carboxylic acids is 1. The number of anilines is 5. The fraction of sp³-hybridized carbons (Fsp3) is 0.161. The fourth-order valence-electron chi connectivity index (χ4n) is 4.26. The number of aromatic nitrogens is 4. The highest BCUT2D eigenvalue weighted by molar-refractivity contribution is 6.03. The van der Waals surface area contributed by atoms with Crippen LogP contribution in [-0.2, 0) is 7.05 Å². The van der Waals surface area contributed by atoms with Crippen molar-refractivity contribution in [2.75, 3.05) is 30.2 Å². The molecule has 2 aromatic heterocycles. The van der Waals surface area contributed by atoms with Crippen LogP contribution < -0.4 is 25.4 Å². The van der Waals surface area contributed by atoms with Gasteiger partial charge in [-0.2, -0.15) is 10.1 Å². The summed E-state index contributed by atoms with van der Waals surface area (Å²) in [5.41, 5.74) is 6.10. The Morgan fingerprint density at radius 3 is 2.17 bits per heavy atom. The number of aryl methyl sites for hydroxylation is 3. The van der Waals surface area contributed by atoms with E-state index in [1.54, 1.807) is 33.4 Å². The predicted molar refractivity (Wildman–Crippen MR) is 161 cm³/mol. The molecule has 10 heteroatoms. The number of nitrogens with zero attached hydrogens (tertiary/aromatic N) is 4. The summed E-state index contributed by atoms with van der Waals surface area (Å²) in [6.45, 7) is 3.97. The summed E-state index contributed by atoms with van der Waals surface area (Å²) in [6.07, 6.45) is 0. The Morgan fingerprint density at radius 1 is 0.780 bits per heavy atom. The van der Waals surface area contributed by atoms with Gasteiger partial charge in [-0.05, 0) is 74.5 Å². The van der Waals surface area contributed by atoms with Crippen LogP contribution in [0.15, 0.2) is 78.9 Å². The number of rotatable bonds is 9. The van der Waals surface area contributed by atoms with Gasteiger partial charge in [0.15, 0.2) is 0 Å². The first-order valence-electron chi connectivity index (χ1n) is 13.0. The molecule has 0 radical (unpaired) electrons. The topological polar surface area (TPSA) is 115 Å². The van der Waals surface area contributed by atoms with E-state index in [0.717, 1.165) is 22.6 Å². The molecule has 208 valence electrons. The smallest absolute Gasteiger partial charge is 0.273 e. The van der Waals surface area contributed by atoms with Gasteiger partial charge in [-0.15, -0.1) is 0 Å². The van der Waals surface area contributed by atoms with Gasteiger partial charge in [0.2, 0.25) is 5.95 Å². The largest absolute Gasteiger partial charge is 0.497 e. The molecule has 3 N–H and O–H groups in total. The molecule has 0 aliphatic rings. The van der Waals surface area contributed by atoms with Gasteiger partial charge in [-0.25, -0.2) is 4.98 Å². The molecule has 10 nitrogen and oxygen atoms in total. The highest BCUT2D eigenvalue weighted by atomic mass is 16.5. The number of methoxy groups -OCH3 is 2. The van der Waals surface area contributed by atoms with Gasteiger partial charge in [-0.3, -0.25) is 9.48 Å². The molecule has 1 amide bonds. The second-order valence-electron chi connectivity index (χ2n) is 9.47. The average molecular weight is 550 g/mol. The lowest BCUT2D eigenvalue weighted by atomic mass is 10.1. The van der Waals surface area contributed by atoms with Crippen molar-refractivity contribution in [2.45, 2.75) is 13.8 Å². The van der Waals surface area contributed by atoms with Crippen LogP contribution in [0.2, 0.25) is 0 Å². The Balaban J connectivity index is 1.27. The van der Waals surface area contributed by atoms with Crippen molar-refractivity contribution < 1.29 is 14.3 Å². The quantitative estimate of drug-likeness (QED) is 0.198. The Hall–Kier alpha value is -5.38. The van der Waals surface area contributed by atoms with Crippen LogP contribution in [0.25, 0.3) is 11.3 Å². The van der Waals surface area contributed by atoms with Crippen molar-refractivity contribution in [3.8, 4) is 22.8 Å². The standard InChI is InChI=1S/C31H31N7O3/c1-19-6-8-21(9-7-19)33-29-16-20(2)32-31(36-29)35-23-12-10-22(11-13-23)34-30(39)27-18-26(37-38(27)3)25-17-24(40-4)14-15-28(25)41-5/h6-18H,1-5H3,(H,34,39)(H2,32,33,35,36). The summed E-state index contributed by atoms with van der Waals surface area (Å²) < 4.78 is 12.4. The summed E-state index contributed by atoms with van der Waals surface area (Å²) >= 11 is 0. The third-order valence-corrected chi connectivity index (χ3v) is 6.37. The van der Waals surface area contributed by atoms with E-state index in [4.69, 9.17) is 9.47 Å². The highest BCUT2D eigenvalue weighted by Crippen LogP contribution is 2.33. The maximum Gasteiger partial charge on any atom is 0.273 e. The number of carbonyl (C=O) groups is 1. The van der Waals surface area contributed by atoms with Gasteiger partial charge < -0.3 is 25.4 Å². The number of amides is 1. The van der Waals surface area contributed by atoms with Crippen molar-refractivity contribution in [1.29, 1.82) is 0 Å². The minimum atomic E-state index is -0.289. The second-order valence-corrected chi connectivity index (χ2v) is 9.47. The Labute approximate surface area is 238 Å². The van der Waals surface area contributed by atoms with E-state index < -0.39 is 0 Å². The summed E-state index contributed by atoms with van der Waals surface area (Å²) in [6, 6.07) is 24.5. The van der Waals surface area contributed by atoms with Crippen molar-refractivity contribution in [3.05, 3.63) is 95.8 Å².